The summed E-state index contributed by atoms with van der Waals surface area (Å²) in [4.78, 5) is 14.8. The largest absolute Gasteiger partial charge is 0.289 e. The van der Waals surface area contributed by atoms with Crippen LogP contribution in [0.4, 0.5) is 0 Å². The van der Waals surface area contributed by atoms with Crippen molar-refractivity contribution in [3.63, 3.8) is 0 Å². The fourth-order valence-corrected chi connectivity index (χ4v) is 8.52. The van der Waals surface area contributed by atoms with Crippen molar-refractivity contribution in [1.82, 2.24) is 0 Å². The van der Waals surface area contributed by atoms with Crippen molar-refractivity contribution in [1.29, 1.82) is 0 Å². The fraction of sp³-hybridized carbons (Fsp3) is 0.0541. The molecule has 0 aliphatic heterocycles. The molecule has 0 unspecified atom stereocenters. The Morgan fingerprint density at radius 2 is 1.18 bits per heavy atom. The van der Waals surface area contributed by atoms with Gasteiger partial charge in [0.05, 0.1) is 0 Å². The molecule has 2 heterocycles. The standard InChI is InChI=1S/C37H24OS2/c38-35(25-19-15-23(16-20-25)27-9-5-11-31-29-7-1-3-13-33(29)39-36(27)31)26-21-17-24(18-22-26)28-10-6-12-32-30-8-2-4-14-34(30)40-37(28)32/h1,3-7,9-22H,2,8H2. The van der Waals surface area contributed by atoms with Gasteiger partial charge in [-0.3, -0.25) is 4.79 Å². The zero-order valence-corrected chi connectivity index (χ0v) is 23.3. The number of rotatable bonds is 4. The zero-order chi connectivity index (χ0) is 26.6. The second-order valence-corrected chi connectivity index (χ2v) is 12.4. The van der Waals surface area contributed by atoms with Crippen molar-refractivity contribution in [2.75, 3.05) is 0 Å². The second-order valence-electron chi connectivity index (χ2n) is 10.3. The Bertz CT molecular complexity index is 2100. The lowest BCUT2D eigenvalue weighted by Crippen LogP contribution is -2.01. The molecule has 0 atom stereocenters. The van der Waals surface area contributed by atoms with E-state index in [1.807, 2.05) is 46.9 Å². The van der Waals surface area contributed by atoms with Crippen molar-refractivity contribution in [2.45, 2.75) is 12.8 Å². The molecular weight excluding hydrogens is 525 g/mol. The van der Waals surface area contributed by atoms with E-state index in [0.29, 0.717) is 11.1 Å². The Morgan fingerprint density at radius 1 is 0.575 bits per heavy atom. The smallest absolute Gasteiger partial charge is 0.193 e. The Morgan fingerprint density at radius 3 is 1.88 bits per heavy atom. The number of carbonyl (C=O) groups is 1. The average molecular weight is 549 g/mol. The van der Waals surface area contributed by atoms with Gasteiger partial charge in [-0.1, -0.05) is 109 Å². The molecule has 0 amide bonds. The van der Waals surface area contributed by atoms with Crippen LogP contribution in [0.5, 0.6) is 0 Å². The van der Waals surface area contributed by atoms with Gasteiger partial charge >= 0.3 is 0 Å². The first-order chi connectivity index (χ1) is 19.7. The van der Waals surface area contributed by atoms with E-state index in [0.717, 1.165) is 24.0 Å². The molecule has 8 rings (SSSR count). The number of allylic oxidation sites excluding steroid dienone is 1. The third-order valence-corrected chi connectivity index (χ3v) is 10.5. The quantitative estimate of drug-likeness (QED) is 0.200. The lowest BCUT2D eigenvalue weighted by atomic mass is 9.95. The van der Waals surface area contributed by atoms with Gasteiger partial charge in [0.25, 0.3) is 0 Å². The molecule has 7 aromatic rings. The third kappa shape index (κ3) is 3.77. The lowest BCUT2D eigenvalue weighted by molar-refractivity contribution is 0.103. The van der Waals surface area contributed by atoms with Crippen LogP contribution in [0.1, 0.15) is 32.8 Å². The first-order valence-corrected chi connectivity index (χ1v) is 15.2. The minimum atomic E-state index is 0.0492. The van der Waals surface area contributed by atoms with Gasteiger partial charge in [0.2, 0.25) is 0 Å². The minimum absolute atomic E-state index is 0.0492. The van der Waals surface area contributed by atoms with Crippen LogP contribution >= 0.6 is 22.7 Å². The molecule has 3 heteroatoms. The van der Waals surface area contributed by atoms with Crippen LogP contribution < -0.4 is 0 Å². The summed E-state index contributed by atoms with van der Waals surface area (Å²) < 4.78 is 3.92. The van der Waals surface area contributed by atoms with Crippen LogP contribution in [0.25, 0.3) is 58.6 Å². The molecule has 1 aliphatic carbocycles. The van der Waals surface area contributed by atoms with Crippen molar-refractivity contribution in [2.24, 2.45) is 0 Å². The molecule has 0 spiro atoms. The molecule has 0 N–H and O–H groups in total. The van der Waals surface area contributed by atoms with Crippen molar-refractivity contribution >= 4 is 64.8 Å². The van der Waals surface area contributed by atoms with Crippen molar-refractivity contribution in [3.8, 4) is 22.3 Å². The number of carbonyl (C=O) groups excluding carboxylic acids is 1. The highest BCUT2D eigenvalue weighted by Crippen LogP contribution is 2.42. The predicted octanol–water partition coefficient (Wildman–Crippen LogP) is 10.8. The molecule has 40 heavy (non-hydrogen) atoms. The van der Waals surface area contributed by atoms with E-state index in [-0.39, 0.29) is 5.78 Å². The molecule has 2 aromatic heterocycles. The van der Waals surface area contributed by atoms with E-state index in [4.69, 9.17) is 0 Å². The molecule has 1 aliphatic rings. The van der Waals surface area contributed by atoms with Gasteiger partial charge in [0, 0.05) is 40.9 Å². The molecule has 0 radical (unpaired) electrons. The molecule has 1 nitrogen and oxygen atoms in total. The molecular formula is C37H24OS2. The highest BCUT2D eigenvalue weighted by Gasteiger charge is 2.17. The number of thiophene rings is 2. The Labute approximate surface area is 240 Å². The molecule has 0 saturated carbocycles. The van der Waals surface area contributed by atoms with Gasteiger partial charge in [-0.05, 0) is 58.2 Å². The molecule has 0 fully saturated rings. The van der Waals surface area contributed by atoms with E-state index >= 15 is 0 Å². The predicted molar refractivity (Wildman–Crippen MR) is 173 cm³/mol. The molecule has 0 bridgehead atoms. The fourth-order valence-electron chi connectivity index (χ4n) is 5.97. The van der Waals surface area contributed by atoms with Gasteiger partial charge in [-0.2, -0.15) is 0 Å². The summed E-state index contributed by atoms with van der Waals surface area (Å²) >= 11 is 3.71. The maximum atomic E-state index is 13.4. The van der Waals surface area contributed by atoms with Crippen LogP contribution in [0.2, 0.25) is 0 Å². The maximum absolute atomic E-state index is 13.4. The molecule has 190 valence electrons. The summed E-state index contributed by atoms with van der Waals surface area (Å²) in [5.74, 6) is 0.0492. The first-order valence-electron chi connectivity index (χ1n) is 13.6. The number of ketones is 1. The highest BCUT2D eigenvalue weighted by atomic mass is 32.1. The Balaban J connectivity index is 1.09. The van der Waals surface area contributed by atoms with Gasteiger partial charge < -0.3 is 0 Å². The lowest BCUT2D eigenvalue weighted by Gasteiger charge is -2.08. The third-order valence-electron chi connectivity index (χ3n) is 8.00. The minimum Gasteiger partial charge on any atom is -0.289 e. The normalized spacial score (nSPS) is 12.8. The van der Waals surface area contributed by atoms with E-state index in [1.54, 1.807) is 0 Å². The number of fused-ring (bicyclic) bond motifs is 6. The maximum Gasteiger partial charge on any atom is 0.193 e. The Hall–Kier alpha value is -4.31. The van der Waals surface area contributed by atoms with E-state index in [2.05, 4.69) is 97.1 Å². The number of aryl methyl sites for hydroxylation is 1. The summed E-state index contributed by atoms with van der Waals surface area (Å²) in [6, 6.07) is 37.9. The van der Waals surface area contributed by atoms with Gasteiger partial charge in [0.15, 0.2) is 5.78 Å². The number of benzene rings is 5. The van der Waals surface area contributed by atoms with Crippen LogP contribution in [-0.2, 0) is 6.42 Å². The topological polar surface area (TPSA) is 17.1 Å². The Kier molecular flexibility index (Phi) is 5.54. The summed E-state index contributed by atoms with van der Waals surface area (Å²) in [5, 5.41) is 3.95. The monoisotopic (exact) mass is 548 g/mol. The zero-order valence-electron chi connectivity index (χ0n) is 21.7. The number of hydrogen-bond acceptors (Lipinski definition) is 3. The van der Waals surface area contributed by atoms with E-state index in [1.165, 1.54) is 51.8 Å². The first kappa shape index (κ1) is 23.6. The SMILES string of the molecule is O=C(c1ccc(-c2cccc3c4c(sc23)C=CCC4)cc1)c1ccc(-c2cccc3c2sc2ccccc23)cc1. The van der Waals surface area contributed by atoms with Gasteiger partial charge in [0.1, 0.15) is 0 Å². The van der Waals surface area contributed by atoms with Crippen LogP contribution in [0.3, 0.4) is 0 Å². The summed E-state index contributed by atoms with van der Waals surface area (Å²) in [5.41, 5.74) is 7.62. The van der Waals surface area contributed by atoms with E-state index in [9.17, 15) is 4.79 Å². The molecule has 5 aromatic carbocycles. The van der Waals surface area contributed by atoms with Crippen LogP contribution in [0, 0.1) is 0 Å². The second kappa shape index (κ2) is 9.41. The molecule has 0 saturated heterocycles. The summed E-state index contributed by atoms with van der Waals surface area (Å²) in [6.07, 6.45) is 6.76. The average Bonchev–Trinajstić information content (AvgIpc) is 3.59. The van der Waals surface area contributed by atoms with Crippen LogP contribution in [-0.4, -0.2) is 5.78 Å². The number of hydrogen-bond donors (Lipinski definition) is 0. The summed E-state index contributed by atoms with van der Waals surface area (Å²) in [7, 11) is 0. The van der Waals surface area contributed by atoms with Crippen molar-refractivity contribution in [3.05, 3.63) is 137 Å². The van der Waals surface area contributed by atoms with E-state index < -0.39 is 0 Å². The highest BCUT2D eigenvalue weighted by molar-refractivity contribution is 7.26. The van der Waals surface area contributed by atoms with Gasteiger partial charge in [-0.25, -0.2) is 0 Å². The van der Waals surface area contributed by atoms with Crippen molar-refractivity contribution < 1.29 is 4.79 Å². The van der Waals surface area contributed by atoms with Gasteiger partial charge in [-0.15, -0.1) is 22.7 Å². The van der Waals surface area contributed by atoms with Crippen LogP contribution in [0.15, 0.2) is 115 Å². The summed E-state index contributed by atoms with van der Waals surface area (Å²) in [6.45, 7) is 0.